The van der Waals surface area contributed by atoms with Crippen molar-refractivity contribution in [2.75, 3.05) is 5.32 Å². The highest BCUT2D eigenvalue weighted by atomic mass is 19.1. The molecule has 0 bridgehead atoms. The van der Waals surface area contributed by atoms with Crippen molar-refractivity contribution < 1.29 is 14.0 Å². The molecule has 1 N–H and O–H groups in total. The molecule has 4 heteroatoms. The Bertz CT molecular complexity index is 401. The second-order valence-electron chi connectivity index (χ2n) is 2.86. The Morgan fingerprint density at radius 3 is 2.85 bits per heavy atom. The van der Waals surface area contributed by atoms with E-state index in [9.17, 15) is 14.0 Å². The van der Waals surface area contributed by atoms with Gasteiger partial charge in [-0.05, 0) is 23.8 Å². The Kier molecular flexibility index (Phi) is 1.62. The Morgan fingerprint density at radius 1 is 1.31 bits per heavy atom. The van der Waals surface area contributed by atoms with Gasteiger partial charge < -0.3 is 5.32 Å². The Morgan fingerprint density at radius 2 is 2.08 bits per heavy atom. The number of hydrogen-bond acceptors (Lipinski definition) is 2. The van der Waals surface area contributed by atoms with Crippen LogP contribution in [-0.4, -0.2) is 11.7 Å². The van der Waals surface area contributed by atoms with E-state index in [-0.39, 0.29) is 6.42 Å². The highest BCUT2D eigenvalue weighted by Gasteiger charge is 2.22. The van der Waals surface area contributed by atoms with Crippen molar-refractivity contribution in [1.82, 2.24) is 0 Å². The van der Waals surface area contributed by atoms with Crippen LogP contribution in [0.4, 0.5) is 10.1 Å². The first-order chi connectivity index (χ1) is 6.16. The standard InChI is InChI=1S/C9H6FNO2/c10-6-1-2-7-5(3-6)4-8(12)9(13)11-7/h1-3H,4H2,(H,11,13). The van der Waals surface area contributed by atoms with Gasteiger partial charge in [0.15, 0.2) is 0 Å². The molecule has 0 aliphatic carbocycles. The summed E-state index contributed by atoms with van der Waals surface area (Å²) >= 11 is 0. The second kappa shape index (κ2) is 2.65. The van der Waals surface area contributed by atoms with E-state index in [1.807, 2.05) is 0 Å². The number of fused-ring (bicyclic) bond motifs is 1. The SMILES string of the molecule is O=C1Cc2cc(F)ccc2NC1=O. The number of ketones is 1. The van der Waals surface area contributed by atoms with Gasteiger partial charge in [0.25, 0.3) is 5.91 Å². The van der Waals surface area contributed by atoms with Gasteiger partial charge in [-0.15, -0.1) is 0 Å². The van der Waals surface area contributed by atoms with Crippen molar-refractivity contribution >= 4 is 17.4 Å². The monoisotopic (exact) mass is 179 g/mol. The number of Topliss-reactive ketones (excluding diaryl/α,β-unsaturated/α-hetero) is 1. The largest absolute Gasteiger partial charge is 0.319 e. The van der Waals surface area contributed by atoms with E-state index in [4.69, 9.17) is 0 Å². The lowest BCUT2D eigenvalue weighted by atomic mass is 10.0. The number of amides is 1. The van der Waals surface area contributed by atoms with Crippen LogP contribution in [0.5, 0.6) is 0 Å². The first kappa shape index (κ1) is 7.91. The predicted molar refractivity (Wildman–Crippen MR) is 43.7 cm³/mol. The third-order valence-electron chi connectivity index (χ3n) is 1.92. The van der Waals surface area contributed by atoms with Gasteiger partial charge in [-0.25, -0.2) is 4.39 Å². The first-order valence-electron chi connectivity index (χ1n) is 3.79. The van der Waals surface area contributed by atoms with Crippen LogP contribution < -0.4 is 5.32 Å². The maximum absolute atomic E-state index is 12.7. The van der Waals surface area contributed by atoms with E-state index < -0.39 is 17.5 Å². The molecule has 13 heavy (non-hydrogen) atoms. The first-order valence-corrected chi connectivity index (χ1v) is 3.79. The van der Waals surface area contributed by atoms with Crippen LogP contribution in [0, 0.1) is 5.82 Å². The molecule has 0 spiro atoms. The summed E-state index contributed by atoms with van der Waals surface area (Å²) in [6.07, 6.45) is -0.0150. The third-order valence-corrected chi connectivity index (χ3v) is 1.92. The maximum Gasteiger partial charge on any atom is 0.292 e. The van der Waals surface area contributed by atoms with Gasteiger partial charge in [-0.3, -0.25) is 9.59 Å². The molecular formula is C9H6FNO2. The Labute approximate surface area is 73.6 Å². The van der Waals surface area contributed by atoms with E-state index in [0.29, 0.717) is 11.3 Å². The minimum Gasteiger partial charge on any atom is -0.319 e. The number of rotatable bonds is 0. The maximum atomic E-state index is 12.7. The Balaban J connectivity index is 2.48. The zero-order chi connectivity index (χ0) is 9.42. The second-order valence-corrected chi connectivity index (χ2v) is 2.86. The molecule has 0 saturated heterocycles. The number of benzene rings is 1. The van der Waals surface area contributed by atoms with Gasteiger partial charge in [-0.1, -0.05) is 0 Å². The van der Waals surface area contributed by atoms with Crippen LogP contribution in [0.25, 0.3) is 0 Å². The lowest BCUT2D eigenvalue weighted by molar-refractivity contribution is -0.134. The molecule has 0 unspecified atom stereocenters. The number of hydrogen-bond donors (Lipinski definition) is 1. The van der Waals surface area contributed by atoms with Gasteiger partial charge in [0.2, 0.25) is 5.78 Å². The quantitative estimate of drug-likeness (QED) is 0.601. The van der Waals surface area contributed by atoms with Crippen LogP contribution >= 0.6 is 0 Å². The predicted octanol–water partition coefficient (Wildman–Crippen LogP) is 0.889. The van der Waals surface area contributed by atoms with Gasteiger partial charge in [0.1, 0.15) is 5.82 Å². The molecule has 2 rings (SSSR count). The highest BCUT2D eigenvalue weighted by molar-refractivity contribution is 6.42. The fourth-order valence-electron chi connectivity index (χ4n) is 1.28. The zero-order valence-electron chi connectivity index (χ0n) is 6.63. The molecule has 0 saturated carbocycles. The molecule has 0 aromatic heterocycles. The number of anilines is 1. The number of carbonyl (C=O) groups is 2. The van der Waals surface area contributed by atoms with Crippen molar-refractivity contribution in [2.45, 2.75) is 6.42 Å². The molecule has 0 fully saturated rings. The summed E-state index contributed by atoms with van der Waals surface area (Å²) in [6, 6.07) is 3.95. The molecule has 1 aromatic rings. The van der Waals surface area contributed by atoms with Crippen LogP contribution in [0.3, 0.4) is 0 Å². The topological polar surface area (TPSA) is 46.2 Å². The van der Waals surface area contributed by atoms with Crippen molar-refractivity contribution in [2.24, 2.45) is 0 Å². The van der Waals surface area contributed by atoms with Gasteiger partial charge in [0.05, 0.1) is 0 Å². The van der Waals surface area contributed by atoms with Crippen LogP contribution in [0.15, 0.2) is 18.2 Å². The third kappa shape index (κ3) is 1.30. The summed E-state index contributed by atoms with van der Waals surface area (Å²) in [7, 11) is 0. The average Bonchev–Trinajstić information content (AvgIpc) is 2.08. The number of nitrogens with one attached hydrogen (secondary N) is 1. The van der Waals surface area contributed by atoms with E-state index in [1.165, 1.54) is 18.2 Å². The molecule has 1 amide bonds. The van der Waals surface area contributed by atoms with Crippen LogP contribution in [0.2, 0.25) is 0 Å². The van der Waals surface area contributed by atoms with Crippen molar-refractivity contribution in [3.8, 4) is 0 Å². The summed E-state index contributed by atoms with van der Waals surface area (Å²) in [6.45, 7) is 0. The van der Waals surface area contributed by atoms with E-state index in [0.717, 1.165) is 0 Å². The lowest BCUT2D eigenvalue weighted by Gasteiger charge is -2.14. The summed E-state index contributed by atoms with van der Waals surface area (Å²) in [4.78, 5) is 21.8. The van der Waals surface area contributed by atoms with Crippen LogP contribution in [-0.2, 0) is 16.0 Å². The highest BCUT2D eigenvalue weighted by Crippen LogP contribution is 2.21. The van der Waals surface area contributed by atoms with Crippen LogP contribution in [0.1, 0.15) is 5.56 Å². The van der Waals surface area contributed by atoms with E-state index in [1.54, 1.807) is 0 Å². The molecule has 0 radical (unpaired) electrons. The van der Waals surface area contributed by atoms with Gasteiger partial charge >= 0.3 is 0 Å². The molecule has 1 heterocycles. The number of halogens is 1. The minimum absolute atomic E-state index is 0.0150. The average molecular weight is 179 g/mol. The Hall–Kier alpha value is -1.71. The normalized spacial score (nSPS) is 15.2. The number of carbonyl (C=O) groups excluding carboxylic acids is 2. The molecule has 1 aromatic carbocycles. The summed E-state index contributed by atoms with van der Waals surface area (Å²) < 4.78 is 12.7. The van der Waals surface area contributed by atoms with Gasteiger partial charge in [0, 0.05) is 12.1 Å². The van der Waals surface area contributed by atoms with E-state index >= 15 is 0 Å². The van der Waals surface area contributed by atoms with Crippen molar-refractivity contribution in [1.29, 1.82) is 0 Å². The van der Waals surface area contributed by atoms with E-state index in [2.05, 4.69) is 5.32 Å². The molecule has 1 aliphatic heterocycles. The summed E-state index contributed by atoms with van der Waals surface area (Å²) in [5.74, 6) is -1.56. The lowest BCUT2D eigenvalue weighted by Crippen LogP contribution is -2.29. The minimum atomic E-state index is -0.626. The summed E-state index contributed by atoms with van der Waals surface area (Å²) in [5.41, 5.74) is 1.05. The molecule has 1 aliphatic rings. The zero-order valence-corrected chi connectivity index (χ0v) is 6.63. The van der Waals surface area contributed by atoms with Crippen molar-refractivity contribution in [3.05, 3.63) is 29.6 Å². The fraction of sp³-hybridized carbons (Fsp3) is 0.111. The summed E-state index contributed by atoms with van der Waals surface area (Å²) in [5, 5.41) is 2.38. The van der Waals surface area contributed by atoms with Crippen molar-refractivity contribution in [3.63, 3.8) is 0 Å². The smallest absolute Gasteiger partial charge is 0.292 e. The molecular weight excluding hydrogens is 173 g/mol. The molecule has 3 nitrogen and oxygen atoms in total. The molecule has 66 valence electrons. The fourth-order valence-corrected chi connectivity index (χ4v) is 1.28. The van der Waals surface area contributed by atoms with Gasteiger partial charge in [-0.2, -0.15) is 0 Å². The molecule has 0 atom stereocenters.